The summed E-state index contributed by atoms with van der Waals surface area (Å²) in [4.78, 5) is 24.9. The standard InChI is InChI=1S/C11H20N2O2/c1-4-5-8(2)13-9(3)6-10(14)12-7-11(13)15/h8-9H,4-7H2,1-3H3,(H,12,14). The molecule has 15 heavy (non-hydrogen) atoms. The summed E-state index contributed by atoms with van der Waals surface area (Å²) < 4.78 is 0. The van der Waals surface area contributed by atoms with Crippen molar-refractivity contribution in [1.29, 1.82) is 0 Å². The van der Waals surface area contributed by atoms with Crippen LogP contribution in [-0.4, -0.2) is 35.3 Å². The highest BCUT2D eigenvalue weighted by Gasteiger charge is 2.29. The lowest BCUT2D eigenvalue weighted by molar-refractivity contribution is -0.133. The Balaban J connectivity index is 2.73. The summed E-state index contributed by atoms with van der Waals surface area (Å²) in [6, 6.07) is 0.242. The highest BCUT2D eigenvalue weighted by Crippen LogP contribution is 2.15. The quantitative estimate of drug-likeness (QED) is 0.756. The third kappa shape index (κ3) is 2.94. The molecule has 2 atom stereocenters. The molecule has 4 nitrogen and oxygen atoms in total. The van der Waals surface area contributed by atoms with Crippen LogP contribution in [0.2, 0.25) is 0 Å². The van der Waals surface area contributed by atoms with Crippen LogP contribution < -0.4 is 5.32 Å². The van der Waals surface area contributed by atoms with Gasteiger partial charge in [-0.15, -0.1) is 0 Å². The molecule has 1 saturated heterocycles. The Morgan fingerprint density at radius 2 is 2.20 bits per heavy atom. The van der Waals surface area contributed by atoms with E-state index in [1.54, 1.807) is 0 Å². The highest BCUT2D eigenvalue weighted by molar-refractivity contribution is 5.87. The number of hydrogen-bond donors (Lipinski definition) is 1. The molecular formula is C11H20N2O2. The second-order valence-corrected chi connectivity index (χ2v) is 4.27. The summed E-state index contributed by atoms with van der Waals surface area (Å²) in [7, 11) is 0. The smallest absolute Gasteiger partial charge is 0.242 e. The Morgan fingerprint density at radius 3 is 2.80 bits per heavy atom. The zero-order chi connectivity index (χ0) is 11.4. The lowest BCUT2D eigenvalue weighted by Crippen LogP contribution is -2.45. The van der Waals surface area contributed by atoms with E-state index in [-0.39, 0.29) is 30.4 Å². The molecule has 0 radical (unpaired) electrons. The molecule has 0 aromatic carbocycles. The van der Waals surface area contributed by atoms with Crippen molar-refractivity contribution < 1.29 is 9.59 Å². The maximum Gasteiger partial charge on any atom is 0.242 e. The van der Waals surface area contributed by atoms with Gasteiger partial charge in [0.1, 0.15) is 0 Å². The van der Waals surface area contributed by atoms with Crippen LogP contribution in [0, 0.1) is 0 Å². The van der Waals surface area contributed by atoms with Gasteiger partial charge in [-0.25, -0.2) is 0 Å². The normalized spacial score (nSPS) is 24.7. The summed E-state index contributed by atoms with van der Waals surface area (Å²) in [5, 5.41) is 2.62. The van der Waals surface area contributed by atoms with Crippen LogP contribution in [0.25, 0.3) is 0 Å². The summed E-state index contributed by atoms with van der Waals surface area (Å²) >= 11 is 0. The molecule has 0 bridgehead atoms. The van der Waals surface area contributed by atoms with Crippen molar-refractivity contribution in [3.8, 4) is 0 Å². The number of carbonyl (C=O) groups excluding carboxylic acids is 2. The molecule has 1 rings (SSSR count). The molecule has 1 N–H and O–H groups in total. The predicted molar refractivity (Wildman–Crippen MR) is 58.3 cm³/mol. The van der Waals surface area contributed by atoms with Gasteiger partial charge >= 0.3 is 0 Å². The third-order valence-corrected chi connectivity index (χ3v) is 2.86. The summed E-state index contributed by atoms with van der Waals surface area (Å²) in [5.74, 6) is 0.0105. The van der Waals surface area contributed by atoms with E-state index in [4.69, 9.17) is 0 Å². The van der Waals surface area contributed by atoms with Gasteiger partial charge < -0.3 is 10.2 Å². The number of rotatable bonds is 3. The first-order chi connectivity index (χ1) is 7.06. The minimum atomic E-state index is -0.0259. The summed E-state index contributed by atoms with van der Waals surface area (Å²) in [5.41, 5.74) is 0. The van der Waals surface area contributed by atoms with E-state index in [0.29, 0.717) is 6.42 Å². The van der Waals surface area contributed by atoms with E-state index in [9.17, 15) is 9.59 Å². The Bertz CT molecular complexity index is 253. The van der Waals surface area contributed by atoms with Crippen LogP contribution in [0.3, 0.4) is 0 Å². The molecule has 1 aliphatic rings. The topological polar surface area (TPSA) is 49.4 Å². The zero-order valence-corrected chi connectivity index (χ0v) is 9.75. The van der Waals surface area contributed by atoms with Gasteiger partial charge in [0.15, 0.2) is 0 Å². The molecule has 0 spiro atoms. The first kappa shape index (κ1) is 12.0. The van der Waals surface area contributed by atoms with Crippen molar-refractivity contribution in [3.63, 3.8) is 0 Å². The molecule has 0 aromatic rings. The average Bonchev–Trinajstić information content (AvgIpc) is 2.26. The lowest BCUT2D eigenvalue weighted by Gasteiger charge is -2.32. The van der Waals surface area contributed by atoms with Crippen LogP contribution in [0.4, 0.5) is 0 Å². The Labute approximate surface area is 91.0 Å². The Morgan fingerprint density at radius 1 is 1.53 bits per heavy atom. The molecule has 2 unspecified atom stereocenters. The second-order valence-electron chi connectivity index (χ2n) is 4.27. The molecule has 0 aliphatic carbocycles. The van der Waals surface area contributed by atoms with Crippen LogP contribution in [0.5, 0.6) is 0 Å². The molecule has 1 heterocycles. The van der Waals surface area contributed by atoms with Crippen molar-refractivity contribution >= 4 is 11.8 Å². The van der Waals surface area contributed by atoms with Crippen molar-refractivity contribution in [3.05, 3.63) is 0 Å². The molecule has 4 heteroatoms. The van der Waals surface area contributed by atoms with Gasteiger partial charge in [0.25, 0.3) is 0 Å². The average molecular weight is 212 g/mol. The molecule has 86 valence electrons. The van der Waals surface area contributed by atoms with Gasteiger partial charge in [-0.1, -0.05) is 13.3 Å². The molecule has 2 amide bonds. The maximum absolute atomic E-state index is 11.8. The SMILES string of the molecule is CCCC(C)N1C(=O)CNC(=O)CC1C. The highest BCUT2D eigenvalue weighted by atomic mass is 16.2. The summed E-state index contributed by atoms with van der Waals surface area (Å²) in [6.45, 7) is 6.24. The monoisotopic (exact) mass is 212 g/mol. The number of nitrogens with zero attached hydrogens (tertiary/aromatic N) is 1. The van der Waals surface area contributed by atoms with Crippen LogP contribution in [0.1, 0.15) is 40.0 Å². The van der Waals surface area contributed by atoms with Crippen molar-refractivity contribution in [2.24, 2.45) is 0 Å². The van der Waals surface area contributed by atoms with Gasteiger partial charge in [0, 0.05) is 18.5 Å². The number of hydrogen-bond acceptors (Lipinski definition) is 2. The molecule has 1 fully saturated rings. The van der Waals surface area contributed by atoms with E-state index in [1.807, 2.05) is 18.7 Å². The van der Waals surface area contributed by atoms with E-state index >= 15 is 0 Å². The van der Waals surface area contributed by atoms with E-state index in [1.165, 1.54) is 0 Å². The van der Waals surface area contributed by atoms with Crippen LogP contribution >= 0.6 is 0 Å². The Hall–Kier alpha value is -1.06. The van der Waals surface area contributed by atoms with Crippen LogP contribution in [-0.2, 0) is 9.59 Å². The van der Waals surface area contributed by atoms with E-state index < -0.39 is 0 Å². The van der Waals surface area contributed by atoms with Crippen LogP contribution in [0.15, 0.2) is 0 Å². The van der Waals surface area contributed by atoms with Gasteiger partial charge in [0.2, 0.25) is 11.8 Å². The van der Waals surface area contributed by atoms with Gasteiger partial charge in [-0.05, 0) is 20.3 Å². The first-order valence-electron chi connectivity index (χ1n) is 5.64. The first-order valence-corrected chi connectivity index (χ1v) is 5.64. The van der Waals surface area contributed by atoms with Gasteiger partial charge in [-0.2, -0.15) is 0 Å². The second kappa shape index (κ2) is 5.14. The molecule has 0 saturated carbocycles. The third-order valence-electron chi connectivity index (χ3n) is 2.86. The predicted octanol–water partition coefficient (Wildman–Crippen LogP) is 0.912. The minimum absolute atomic E-state index is 0.0153. The molecule has 0 aromatic heterocycles. The summed E-state index contributed by atoms with van der Waals surface area (Å²) in [6.07, 6.45) is 2.46. The zero-order valence-electron chi connectivity index (χ0n) is 9.75. The minimum Gasteiger partial charge on any atom is -0.347 e. The van der Waals surface area contributed by atoms with Crippen molar-refractivity contribution in [2.75, 3.05) is 6.54 Å². The maximum atomic E-state index is 11.8. The van der Waals surface area contributed by atoms with Crippen molar-refractivity contribution in [1.82, 2.24) is 10.2 Å². The van der Waals surface area contributed by atoms with Gasteiger partial charge in [0.05, 0.1) is 6.54 Å². The molecule has 1 aliphatic heterocycles. The lowest BCUT2D eigenvalue weighted by atomic mass is 10.1. The fraction of sp³-hybridized carbons (Fsp3) is 0.818. The van der Waals surface area contributed by atoms with E-state index in [2.05, 4.69) is 12.2 Å². The fourth-order valence-corrected chi connectivity index (χ4v) is 2.19. The van der Waals surface area contributed by atoms with Gasteiger partial charge in [-0.3, -0.25) is 9.59 Å². The number of nitrogens with one attached hydrogen (secondary N) is 1. The van der Waals surface area contributed by atoms with E-state index in [0.717, 1.165) is 12.8 Å². The number of carbonyl (C=O) groups is 2. The number of amides is 2. The Kier molecular flexibility index (Phi) is 4.12. The fourth-order valence-electron chi connectivity index (χ4n) is 2.19. The largest absolute Gasteiger partial charge is 0.347 e. The molecular weight excluding hydrogens is 192 g/mol. The van der Waals surface area contributed by atoms with Crippen molar-refractivity contribution in [2.45, 2.75) is 52.1 Å².